The van der Waals surface area contributed by atoms with Crippen molar-refractivity contribution in [3.8, 4) is 11.5 Å². The maximum atomic E-state index is 5.86. The molecule has 0 amide bonds. The van der Waals surface area contributed by atoms with E-state index in [1.807, 2.05) is 66.7 Å². The van der Waals surface area contributed by atoms with Crippen molar-refractivity contribution in [3.63, 3.8) is 0 Å². The summed E-state index contributed by atoms with van der Waals surface area (Å²) in [6.45, 7) is 2.06. The normalized spacial score (nSPS) is 10.9. The van der Waals surface area contributed by atoms with E-state index in [2.05, 4.69) is 45.4 Å². The molecule has 5 aromatic rings. The van der Waals surface area contributed by atoms with E-state index >= 15 is 0 Å². The second-order valence-electron chi connectivity index (χ2n) is 7.47. The minimum Gasteiger partial charge on any atom is -0.457 e. The minimum atomic E-state index is 0.650. The number of ether oxygens (including phenoxy) is 1. The van der Waals surface area contributed by atoms with Crippen molar-refractivity contribution in [3.05, 3.63) is 108 Å². The molecule has 0 fully saturated rings. The highest BCUT2D eigenvalue weighted by Gasteiger charge is 2.05. The van der Waals surface area contributed by atoms with Gasteiger partial charge < -0.3 is 15.0 Å². The van der Waals surface area contributed by atoms with Crippen LogP contribution in [0, 0.1) is 6.92 Å². The van der Waals surface area contributed by atoms with Gasteiger partial charge >= 0.3 is 0 Å². The summed E-state index contributed by atoms with van der Waals surface area (Å²) in [6.07, 6.45) is 2.44. The van der Waals surface area contributed by atoms with E-state index in [-0.39, 0.29) is 0 Å². The average Bonchev–Trinajstić information content (AvgIpc) is 3.15. The lowest BCUT2D eigenvalue weighted by molar-refractivity contribution is 0.482. The van der Waals surface area contributed by atoms with Gasteiger partial charge in [-0.25, -0.2) is 9.97 Å². The second-order valence-corrected chi connectivity index (χ2v) is 7.47. The summed E-state index contributed by atoms with van der Waals surface area (Å²) in [6, 6.07) is 28.1. The lowest BCUT2D eigenvalue weighted by atomic mass is 10.1. The Bertz CT molecular complexity index is 1310. The molecule has 0 saturated carbocycles. The number of para-hydroxylation sites is 1. The molecule has 0 bridgehead atoms. The van der Waals surface area contributed by atoms with Crippen molar-refractivity contribution in [1.29, 1.82) is 0 Å². The summed E-state index contributed by atoms with van der Waals surface area (Å²) in [5.41, 5.74) is 4.41. The number of benzene rings is 3. The van der Waals surface area contributed by atoms with Gasteiger partial charge in [-0.3, -0.25) is 0 Å². The lowest BCUT2D eigenvalue weighted by Gasteiger charge is -2.08. The highest BCUT2D eigenvalue weighted by Crippen LogP contribution is 2.23. The van der Waals surface area contributed by atoms with Crippen LogP contribution in [0.3, 0.4) is 0 Å². The zero-order valence-corrected chi connectivity index (χ0v) is 17.2. The van der Waals surface area contributed by atoms with Crippen LogP contribution in [0.1, 0.15) is 17.1 Å². The third kappa shape index (κ3) is 4.56. The first kappa shape index (κ1) is 18.9. The highest BCUT2D eigenvalue weighted by atomic mass is 16.5. The maximum absolute atomic E-state index is 5.86. The fourth-order valence-electron chi connectivity index (χ4n) is 3.54. The molecule has 31 heavy (non-hydrogen) atoms. The Morgan fingerprint density at radius 3 is 2.52 bits per heavy atom. The molecule has 5 rings (SSSR count). The lowest BCUT2D eigenvalue weighted by Crippen LogP contribution is -2.00. The van der Waals surface area contributed by atoms with E-state index in [1.165, 1.54) is 5.39 Å². The molecule has 0 saturated heterocycles. The van der Waals surface area contributed by atoms with Gasteiger partial charge in [-0.15, -0.1) is 0 Å². The molecule has 0 unspecified atom stereocenters. The molecule has 2 N–H and O–H groups in total. The summed E-state index contributed by atoms with van der Waals surface area (Å²) < 4.78 is 5.86. The SMILES string of the molecule is Cc1cc2cc(Nc3ccnc(Cc4ccc(Oc5ccccc5)cc4)n3)ccc2[nH]1. The predicted molar refractivity (Wildman–Crippen MR) is 124 cm³/mol. The monoisotopic (exact) mass is 406 g/mol. The molecular formula is C26H22N4O. The van der Waals surface area contributed by atoms with Crippen LogP contribution in [0.4, 0.5) is 11.5 Å². The summed E-state index contributed by atoms with van der Waals surface area (Å²) in [5, 5.41) is 4.56. The maximum Gasteiger partial charge on any atom is 0.135 e. The number of hydrogen-bond acceptors (Lipinski definition) is 4. The topological polar surface area (TPSA) is 62.8 Å². The van der Waals surface area contributed by atoms with Gasteiger partial charge in [0, 0.05) is 34.9 Å². The van der Waals surface area contributed by atoms with Crippen molar-refractivity contribution in [2.24, 2.45) is 0 Å². The smallest absolute Gasteiger partial charge is 0.135 e. The number of aromatic nitrogens is 3. The summed E-state index contributed by atoms with van der Waals surface area (Å²) >= 11 is 0. The second kappa shape index (κ2) is 8.32. The standard InChI is InChI=1S/C26H22N4O/c1-18-15-20-17-21(9-12-24(20)28-18)29-25-13-14-27-26(30-25)16-19-7-10-23(11-8-19)31-22-5-3-2-4-6-22/h2-15,17,28H,16H2,1H3,(H,27,29,30). The predicted octanol–water partition coefficient (Wildman–Crippen LogP) is 6.39. The van der Waals surface area contributed by atoms with Crippen molar-refractivity contribution in [2.75, 3.05) is 5.32 Å². The number of aryl methyl sites for hydroxylation is 1. The van der Waals surface area contributed by atoms with E-state index in [4.69, 9.17) is 4.74 Å². The van der Waals surface area contributed by atoms with Crippen LogP contribution >= 0.6 is 0 Å². The van der Waals surface area contributed by atoms with Crippen LogP contribution in [0.25, 0.3) is 10.9 Å². The molecule has 2 heterocycles. The van der Waals surface area contributed by atoms with Crippen molar-refractivity contribution < 1.29 is 4.74 Å². The van der Waals surface area contributed by atoms with Crippen molar-refractivity contribution in [1.82, 2.24) is 15.0 Å². The van der Waals surface area contributed by atoms with E-state index in [0.29, 0.717) is 6.42 Å². The van der Waals surface area contributed by atoms with Gasteiger partial charge in [0.15, 0.2) is 0 Å². The van der Waals surface area contributed by atoms with Crippen molar-refractivity contribution in [2.45, 2.75) is 13.3 Å². The fraction of sp³-hybridized carbons (Fsp3) is 0.0769. The zero-order valence-electron chi connectivity index (χ0n) is 17.2. The fourth-order valence-corrected chi connectivity index (χ4v) is 3.54. The van der Waals surface area contributed by atoms with Gasteiger partial charge in [0.25, 0.3) is 0 Å². The van der Waals surface area contributed by atoms with Gasteiger partial charge in [-0.2, -0.15) is 0 Å². The molecule has 2 aromatic heterocycles. The molecule has 5 nitrogen and oxygen atoms in total. The Balaban J connectivity index is 1.27. The summed E-state index contributed by atoms with van der Waals surface area (Å²) in [5.74, 6) is 3.17. The van der Waals surface area contributed by atoms with Gasteiger partial charge in [0.2, 0.25) is 0 Å². The third-order valence-corrected chi connectivity index (χ3v) is 5.00. The summed E-state index contributed by atoms with van der Waals surface area (Å²) in [7, 11) is 0. The average molecular weight is 406 g/mol. The van der Waals surface area contributed by atoms with E-state index in [1.54, 1.807) is 6.20 Å². The minimum absolute atomic E-state index is 0.650. The number of hydrogen-bond donors (Lipinski definition) is 2. The van der Waals surface area contributed by atoms with Gasteiger partial charge in [-0.05, 0) is 67.1 Å². The Hall–Kier alpha value is -4.12. The summed E-state index contributed by atoms with van der Waals surface area (Å²) in [4.78, 5) is 12.5. The molecule has 0 aliphatic rings. The number of anilines is 2. The van der Waals surface area contributed by atoms with Gasteiger partial charge in [-0.1, -0.05) is 30.3 Å². The molecule has 0 aliphatic heterocycles. The molecule has 3 aromatic carbocycles. The molecule has 0 atom stereocenters. The largest absolute Gasteiger partial charge is 0.457 e. The Labute approximate surface area is 180 Å². The first-order valence-electron chi connectivity index (χ1n) is 10.2. The highest BCUT2D eigenvalue weighted by molar-refractivity contribution is 5.84. The van der Waals surface area contributed by atoms with Crippen LogP contribution in [-0.4, -0.2) is 15.0 Å². The number of rotatable bonds is 6. The van der Waals surface area contributed by atoms with Crippen LogP contribution in [0.15, 0.2) is 91.1 Å². The number of fused-ring (bicyclic) bond motifs is 1. The van der Waals surface area contributed by atoms with Crippen molar-refractivity contribution >= 4 is 22.4 Å². The molecule has 152 valence electrons. The van der Waals surface area contributed by atoms with E-state index in [9.17, 15) is 0 Å². The number of H-pyrrole nitrogens is 1. The van der Waals surface area contributed by atoms with Gasteiger partial charge in [0.1, 0.15) is 23.1 Å². The Kier molecular flexibility index (Phi) is 5.07. The van der Waals surface area contributed by atoms with Crippen LogP contribution in [0.2, 0.25) is 0 Å². The Morgan fingerprint density at radius 2 is 1.68 bits per heavy atom. The van der Waals surface area contributed by atoms with Crippen LogP contribution in [-0.2, 0) is 6.42 Å². The number of aromatic amines is 1. The molecule has 0 aliphatic carbocycles. The molecule has 0 spiro atoms. The molecular weight excluding hydrogens is 384 g/mol. The van der Waals surface area contributed by atoms with E-state index in [0.717, 1.165) is 45.6 Å². The van der Waals surface area contributed by atoms with E-state index < -0.39 is 0 Å². The quantitative estimate of drug-likeness (QED) is 0.343. The molecule has 0 radical (unpaired) electrons. The zero-order chi connectivity index (χ0) is 21.0. The number of nitrogens with one attached hydrogen (secondary N) is 2. The van der Waals surface area contributed by atoms with Crippen LogP contribution < -0.4 is 10.1 Å². The third-order valence-electron chi connectivity index (χ3n) is 5.00. The Morgan fingerprint density at radius 1 is 0.871 bits per heavy atom. The first-order chi connectivity index (χ1) is 15.2. The molecule has 5 heteroatoms. The first-order valence-corrected chi connectivity index (χ1v) is 10.2. The van der Waals surface area contributed by atoms with Crippen LogP contribution in [0.5, 0.6) is 11.5 Å². The van der Waals surface area contributed by atoms with Gasteiger partial charge in [0.05, 0.1) is 0 Å². The number of nitrogens with zero attached hydrogens (tertiary/aromatic N) is 2.